The lowest BCUT2D eigenvalue weighted by atomic mass is 9.91. The van der Waals surface area contributed by atoms with E-state index in [0.717, 1.165) is 22.2 Å². The van der Waals surface area contributed by atoms with E-state index >= 15 is 0 Å². The number of nitrogens with two attached hydrogens (primary N) is 1. The van der Waals surface area contributed by atoms with Gasteiger partial charge in [-0.2, -0.15) is 0 Å². The number of amides is 1. The Labute approximate surface area is 145 Å². The van der Waals surface area contributed by atoms with Crippen LogP contribution in [0.5, 0.6) is 0 Å². The van der Waals surface area contributed by atoms with Crippen LogP contribution in [-0.2, 0) is 16.9 Å². The van der Waals surface area contributed by atoms with Crippen molar-refractivity contribution in [3.05, 3.63) is 76.9 Å². The van der Waals surface area contributed by atoms with Gasteiger partial charge in [0.15, 0.2) is 0 Å². The fraction of sp³-hybridized carbons (Fsp3) is 0.158. The van der Waals surface area contributed by atoms with Crippen molar-refractivity contribution in [1.29, 1.82) is 0 Å². The second-order valence-electron chi connectivity index (χ2n) is 5.85. The molecule has 1 aromatic heterocycles. The summed E-state index contributed by atoms with van der Waals surface area (Å²) in [4.78, 5) is 16.7. The zero-order valence-electron chi connectivity index (χ0n) is 13.3. The van der Waals surface area contributed by atoms with E-state index in [1.54, 1.807) is 25.1 Å². The van der Waals surface area contributed by atoms with Crippen LogP contribution in [-0.4, -0.2) is 10.9 Å². The molecule has 2 aromatic carbocycles. The molecule has 122 valence electrons. The van der Waals surface area contributed by atoms with Crippen molar-refractivity contribution in [3.8, 4) is 0 Å². The van der Waals surface area contributed by atoms with Crippen LogP contribution in [0.15, 0.2) is 60.7 Å². The minimum absolute atomic E-state index is 0.413. The molecule has 5 heteroatoms. The summed E-state index contributed by atoms with van der Waals surface area (Å²) in [5.74, 6) is -0.467. The first-order valence-electron chi connectivity index (χ1n) is 7.65. The number of carbonyl (C=O) groups is 1. The number of carbonyl (C=O) groups excluding carboxylic acids is 1. The Bertz CT molecular complexity index is 896. The topological polar surface area (TPSA) is 68.0 Å². The molecule has 3 N–H and O–H groups in total. The number of hydrogen-bond acceptors (Lipinski definition) is 3. The third kappa shape index (κ3) is 3.25. The number of nitrogens with one attached hydrogen (secondary N) is 1. The van der Waals surface area contributed by atoms with Crippen molar-refractivity contribution in [2.24, 2.45) is 5.73 Å². The fourth-order valence-electron chi connectivity index (χ4n) is 2.60. The average Bonchev–Trinajstić information content (AvgIpc) is 2.59. The molecule has 4 nitrogen and oxygen atoms in total. The maximum atomic E-state index is 12.1. The highest BCUT2D eigenvalue weighted by molar-refractivity contribution is 6.30. The van der Waals surface area contributed by atoms with Gasteiger partial charge in [-0.25, -0.2) is 0 Å². The normalized spacial score (nSPS) is 13.6. The Morgan fingerprint density at radius 2 is 1.96 bits per heavy atom. The molecule has 3 rings (SSSR count). The van der Waals surface area contributed by atoms with Gasteiger partial charge in [0.05, 0.1) is 11.2 Å². The third-order valence-electron chi connectivity index (χ3n) is 4.17. The van der Waals surface area contributed by atoms with Crippen LogP contribution in [0.2, 0.25) is 5.02 Å². The molecular formula is C19H18ClN3O. The number of aromatic nitrogens is 1. The van der Waals surface area contributed by atoms with Gasteiger partial charge in [0, 0.05) is 17.0 Å². The van der Waals surface area contributed by atoms with E-state index < -0.39 is 11.4 Å². The molecule has 0 aliphatic carbocycles. The number of nitrogens with zero attached hydrogens (tertiary/aromatic N) is 1. The largest absolute Gasteiger partial charge is 0.368 e. The van der Waals surface area contributed by atoms with Gasteiger partial charge in [-0.05, 0) is 36.8 Å². The molecule has 1 unspecified atom stereocenters. The van der Waals surface area contributed by atoms with Gasteiger partial charge in [0.25, 0.3) is 0 Å². The van der Waals surface area contributed by atoms with Gasteiger partial charge in [0.2, 0.25) is 5.91 Å². The number of halogens is 1. The summed E-state index contributed by atoms with van der Waals surface area (Å²) in [6, 6.07) is 19.0. The summed E-state index contributed by atoms with van der Waals surface area (Å²) in [6.45, 7) is 2.17. The van der Waals surface area contributed by atoms with E-state index in [-0.39, 0.29) is 0 Å². The molecule has 1 heterocycles. The second-order valence-corrected chi connectivity index (χ2v) is 6.28. The molecule has 0 spiro atoms. The van der Waals surface area contributed by atoms with Gasteiger partial charge in [-0.3, -0.25) is 15.1 Å². The molecule has 0 aliphatic heterocycles. The Balaban J connectivity index is 1.87. The molecule has 24 heavy (non-hydrogen) atoms. The number of rotatable bonds is 5. The van der Waals surface area contributed by atoms with E-state index in [2.05, 4.69) is 10.3 Å². The van der Waals surface area contributed by atoms with Crippen molar-refractivity contribution in [1.82, 2.24) is 10.3 Å². The van der Waals surface area contributed by atoms with Gasteiger partial charge in [-0.1, -0.05) is 48.0 Å². The SMILES string of the molecule is CC(NCc1ccc2ccccc2n1)(C(N)=O)c1cccc(Cl)c1. The highest BCUT2D eigenvalue weighted by Crippen LogP contribution is 2.24. The van der Waals surface area contributed by atoms with E-state index in [4.69, 9.17) is 17.3 Å². The van der Waals surface area contributed by atoms with Crippen molar-refractivity contribution >= 4 is 28.4 Å². The Kier molecular flexibility index (Phi) is 4.51. The highest BCUT2D eigenvalue weighted by Gasteiger charge is 2.32. The van der Waals surface area contributed by atoms with E-state index in [1.807, 2.05) is 42.5 Å². The highest BCUT2D eigenvalue weighted by atomic mass is 35.5. The summed E-state index contributed by atoms with van der Waals surface area (Å²) < 4.78 is 0. The number of pyridine rings is 1. The van der Waals surface area contributed by atoms with Crippen LogP contribution in [0.25, 0.3) is 10.9 Å². The van der Waals surface area contributed by atoms with Crippen molar-refractivity contribution in [3.63, 3.8) is 0 Å². The maximum absolute atomic E-state index is 12.1. The molecule has 0 saturated carbocycles. The molecule has 0 radical (unpaired) electrons. The van der Waals surface area contributed by atoms with Crippen LogP contribution >= 0.6 is 11.6 Å². The first kappa shape index (κ1) is 16.4. The minimum atomic E-state index is -1.03. The number of benzene rings is 2. The first-order chi connectivity index (χ1) is 11.5. The lowest BCUT2D eigenvalue weighted by molar-refractivity contribution is -0.124. The van der Waals surface area contributed by atoms with Gasteiger partial charge in [0.1, 0.15) is 5.54 Å². The Morgan fingerprint density at radius 1 is 1.17 bits per heavy atom. The summed E-state index contributed by atoms with van der Waals surface area (Å²) in [5.41, 5.74) is 7.09. The summed E-state index contributed by atoms with van der Waals surface area (Å²) in [6.07, 6.45) is 0. The zero-order chi connectivity index (χ0) is 17.2. The van der Waals surface area contributed by atoms with E-state index in [1.165, 1.54) is 0 Å². The predicted molar refractivity (Wildman–Crippen MR) is 96.6 cm³/mol. The summed E-state index contributed by atoms with van der Waals surface area (Å²) >= 11 is 6.05. The van der Waals surface area contributed by atoms with Crippen molar-refractivity contribution in [2.75, 3.05) is 0 Å². The standard InChI is InChI=1S/C19H18ClN3O/c1-19(18(21)24,14-6-4-7-15(20)11-14)22-12-16-10-9-13-5-2-3-8-17(13)23-16/h2-11,22H,12H2,1H3,(H2,21,24). The van der Waals surface area contributed by atoms with Gasteiger partial charge < -0.3 is 5.73 Å². The van der Waals surface area contributed by atoms with Crippen LogP contribution < -0.4 is 11.1 Å². The van der Waals surface area contributed by atoms with E-state index in [0.29, 0.717) is 11.6 Å². The Morgan fingerprint density at radius 3 is 2.71 bits per heavy atom. The zero-order valence-corrected chi connectivity index (χ0v) is 14.0. The summed E-state index contributed by atoms with van der Waals surface area (Å²) in [5, 5.41) is 4.86. The molecular weight excluding hydrogens is 322 g/mol. The third-order valence-corrected chi connectivity index (χ3v) is 4.41. The fourth-order valence-corrected chi connectivity index (χ4v) is 2.80. The van der Waals surface area contributed by atoms with Crippen LogP contribution in [0.3, 0.4) is 0 Å². The molecule has 3 aromatic rings. The lowest BCUT2D eigenvalue weighted by Crippen LogP contribution is -2.50. The predicted octanol–water partition coefficient (Wildman–Crippen LogP) is 3.38. The molecule has 0 bridgehead atoms. The van der Waals surface area contributed by atoms with Crippen LogP contribution in [0.1, 0.15) is 18.2 Å². The van der Waals surface area contributed by atoms with E-state index in [9.17, 15) is 4.79 Å². The van der Waals surface area contributed by atoms with Crippen LogP contribution in [0, 0.1) is 0 Å². The van der Waals surface area contributed by atoms with Crippen LogP contribution in [0.4, 0.5) is 0 Å². The maximum Gasteiger partial charge on any atom is 0.242 e. The van der Waals surface area contributed by atoms with Crippen molar-refractivity contribution in [2.45, 2.75) is 19.0 Å². The lowest BCUT2D eigenvalue weighted by Gasteiger charge is -2.28. The van der Waals surface area contributed by atoms with Crippen molar-refractivity contribution < 1.29 is 4.79 Å². The number of para-hydroxylation sites is 1. The average molecular weight is 340 g/mol. The number of hydrogen-bond donors (Lipinski definition) is 2. The molecule has 0 fully saturated rings. The molecule has 0 saturated heterocycles. The number of fused-ring (bicyclic) bond motifs is 1. The Hall–Kier alpha value is -2.43. The quantitative estimate of drug-likeness (QED) is 0.748. The summed E-state index contributed by atoms with van der Waals surface area (Å²) in [7, 11) is 0. The first-order valence-corrected chi connectivity index (χ1v) is 8.02. The molecule has 0 aliphatic rings. The van der Waals surface area contributed by atoms with Gasteiger partial charge >= 0.3 is 0 Å². The molecule has 1 amide bonds. The minimum Gasteiger partial charge on any atom is -0.368 e. The smallest absolute Gasteiger partial charge is 0.242 e. The van der Waals surface area contributed by atoms with Gasteiger partial charge in [-0.15, -0.1) is 0 Å². The molecule has 1 atom stereocenters. The monoisotopic (exact) mass is 339 g/mol. The second kappa shape index (κ2) is 6.59. The number of primary amides is 1.